The molecule has 244 valence electrons. The number of amides is 2. The largest absolute Gasteiger partial charge is 0.496 e. The Hall–Kier alpha value is -3.55. The Morgan fingerprint density at radius 3 is 2.43 bits per heavy atom. The number of halogens is 2. The van der Waals surface area contributed by atoms with E-state index >= 15 is 4.79 Å². The number of ether oxygens (including phenoxy) is 1. The maximum atomic E-state index is 15.3. The fraction of sp³-hybridized carbons (Fsp3) is 0.394. The minimum atomic E-state index is -4.54. The van der Waals surface area contributed by atoms with Gasteiger partial charge >= 0.3 is 0 Å². The molecule has 2 fully saturated rings. The third-order valence-corrected chi connectivity index (χ3v) is 11.0. The summed E-state index contributed by atoms with van der Waals surface area (Å²) >= 11 is 6.59. The van der Waals surface area contributed by atoms with Crippen molar-refractivity contribution >= 4 is 39.1 Å². The average molecular weight is 670 g/mol. The van der Waals surface area contributed by atoms with Crippen molar-refractivity contribution in [3.05, 3.63) is 88.2 Å². The fourth-order valence-electron chi connectivity index (χ4n) is 6.97. The highest BCUT2D eigenvalue weighted by atomic mass is 35.5. The number of hydrogen-bond donors (Lipinski definition) is 1. The van der Waals surface area contributed by atoms with Crippen molar-refractivity contribution in [1.29, 1.82) is 0 Å². The van der Waals surface area contributed by atoms with Crippen LogP contribution in [0.1, 0.15) is 29.5 Å². The lowest BCUT2D eigenvalue weighted by Gasteiger charge is -2.42. The lowest BCUT2D eigenvalue weighted by atomic mass is 9.80. The molecule has 0 spiro atoms. The molecule has 0 aliphatic carbocycles. The van der Waals surface area contributed by atoms with E-state index < -0.39 is 33.3 Å². The molecule has 0 bridgehead atoms. The molecule has 1 unspecified atom stereocenters. The minimum absolute atomic E-state index is 0.105. The molecule has 2 saturated heterocycles. The first-order valence-electron chi connectivity index (χ1n) is 15.2. The number of piperazine rings is 1. The van der Waals surface area contributed by atoms with Crippen molar-refractivity contribution in [2.75, 3.05) is 58.2 Å². The van der Waals surface area contributed by atoms with Crippen LogP contribution in [0.5, 0.6) is 5.75 Å². The molecule has 3 heterocycles. The Kier molecular flexibility index (Phi) is 8.85. The van der Waals surface area contributed by atoms with E-state index in [0.29, 0.717) is 47.8 Å². The van der Waals surface area contributed by atoms with Crippen LogP contribution in [0.3, 0.4) is 0 Å². The third kappa shape index (κ3) is 5.35. The van der Waals surface area contributed by atoms with Gasteiger partial charge in [0.25, 0.3) is 15.9 Å². The predicted octanol–water partition coefficient (Wildman–Crippen LogP) is 3.42. The number of benzene rings is 3. The minimum Gasteiger partial charge on any atom is -0.496 e. The van der Waals surface area contributed by atoms with Crippen LogP contribution in [0.15, 0.2) is 65.6 Å². The van der Waals surface area contributed by atoms with Crippen LogP contribution in [0, 0.1) is 5.82 Å². The van der Waals surface area contributed by atoms with Crippen molar-refractivity contribution in [1.82, 2.24) is 20.0 Å². The summed E-state index contributed by atoms with van der Waals surface area (Å²) in [7, 11) is 0.284. The highest BCUT2D eigenvalue weighted by Gasteiger charge is 2.63. The summed E-state index contributed by atoms with van der Waals surface area (Å²) in [5.74, 6) is -1.22. The molecule has 0 aromatic heterocycles. The van der Waals surface area contributed by atoms with Gasteiger partial charge < -0.3 is 15.0 Å². The Morgan fingerprint density at radius 2 is 1.76 bits per heavy atom. The first kappa shape index (κ1) is 32.4. The monoisotopic (exact) mass is 669 g/mol. The van der Waals surface area contributed by atoms with Gasteiger partial charge in [-0.2, -0.15) is 0 Å². The van der Waals surface area contributed by atoms with Crippen LogP contribution in [-0.2, 0) is 31.7 Å². The van der Waals surface area contributed by atoms with E-state index in [1.807, 2.05) is 18.2 Å². The lowest BCUT2D eigenvalue weighted by molar-refractivity contribution is -0.138. The van der Waals surface area contributed by atoms with Gasteiger partial charge in [-0.1, -0.05) is 23.7 Å². The van der Waals surface area contributed by atoms with Crippen molar-refractivity contribution < 1.29 is 27.1 Å². The number of anilines is 1. The highest BCUT2D eigenvalue weighted by molar-refractivity contribution is 7.93. The van der Waals surface area contributed by atoms with Gasteiger partial charge in [0, 0.05) is 69.5 Å². The number of sulfonamides is 1. The standard InChI is InChI=1S/C33H37ClFN5O5S/c1-37(2)31(41)29-5-4-16-39(29)33(26-12-6-22(19-30(26)45-3)21-38-17-14-36-15-18-38)27-20-23(34)7-13-28(27)40(32(33)42)46(43,44)25-10-8-24(35)9-11-25/h6-13,19-20,29,36H,4-5,14-18,21H2,1-3H3/t29-,33?/m0/s1. The molecular weight excluding hydrogens is 633 g/mol. The summed E-state index contributed by atoms with van der Waals surface area (Å²) in [6.07, 6.45) is 1.07. The zero-order chi connectivity index (χ0) is 32.8. The molecule has 2 atom stereocenters. The van der Waals surface area contributed by atoms with E-state index in [0.717, 1.165) is 60.3 Å². The summed E-state index contributed by atoms with van der Waals surface area (Å²) in [5.41, 5.74) is 0.00493. The number of nitrogens with one attached hydrogen (secondary N) is 1. The second-order valence-electron chi connectivity index (χ2n) is 12.0. The molecule has 3 aromatic rings. The number of fused-ring (bicyclic) bond motifs is 1. The van der Waals surface area contributed by atoms with E-state index in [4.69, 9.17) is 16.3 Å². The fourth-order valence-corrected chi connectivity index (χ4v) is 8.60. The number of likely N-dealkylation sites (N-methyl/N-ethyl adjacent to an activating group) is 1. The van der Waals surface area contributed by atoms with E-state index in [1.165, 1.54) is 24.1 Å². The Bertz CT molecular complexity index is 1770. The SMILES string of the molecule is COc1cc(CN2CCNCC2)ccc1C1(N2CCC[C@H]2C(=O)N(C)C)C(=O)N(S(=O)(=O)c2ccc(F)cc2)c2ccc(Cl)cc21. The molecule has 0 saturated carbocycles. The van der Waals surface area contributed by atoms with Crippen molar-refractivity contribution in [3.63, 3.8) is 0 Å². The maximum absolute atomic E-state index is 15.3. The molecule has 6 rings (SSSR count). The molecule has 0 radical (unpaired) electrons. The first-order chi connectivity index (χ1) is 22.0. The second-order valence-corrected chi connectivity index (χ2v) is 14.3. The number of likely N-dealkylation sites (tertiary alicyclic amines) is 1. The molecule has 10 nitrogen and oxygen atoms in total. The molecule has 13 heteroatoms. The average Bonchev–Trinajstić information content (AvgIpc) is 3.62. The predicted molar refractivity (Wildman–Crippen MR) is 173 cm³/mol. The Labute approximate surface area is 273 Å². The Balaban J connectivity index is 1.60. The van der Waals surface area contributed by atoms with Gasteiger partial charge in [0.05, 0.1) is 23.7 Å². The van der Waals surface area contributed by atoms with Gasteiger partial charge in [0.15, 0.2) is 5.54 Å². The van der Waals surface area contributed by atoms with Crippen LogP contribution in [0.4, 0.5) is 10.1 Å². The lowest BCUT2D eigenvalue weighted by Crippen LogP contribution is -2.59. The van der Waals surface area contributed by atoms with Gasteiger partial charge in [-0.25, -0.2) is 17.1 Å². The zero-order valence-electron chi connectivity index (χ0n) is 26.0. The van der Waals surface area contributed by atoms with Crippen LogP contribution < -0.4 is 14.4 Å². The summed E-state index contributed by atoms with van der Waals surface area (Å²) in [6.45, 7) is 4.54. The topological polar surface area (TPSA) is 102 Å². The maximum Gasteiger partial charge on any atom is 0.271 e. The summed E-state index contributed by atoms with van der Waals surface area (Å²) < 4.78 is 49.2. The number of carbonyl (C=O) groups excluding carboxylic acids is 2. The van der Waals surface area contributed by atoms with Crippen LogP contribution in [0.2, 0.25) is 5.02 Å². The number of methoxy groups -OCH3 is 1. The molecule has 2 amide bonds. The Morgan fingerprint density at radius 1 is 1.04 bits per heavy atom. The van der Waals surface area contributed by atoms with Gasteiger partial charge in [-0.05, 0) is 66.9 Å². The zero-order valence-corrected chi connectivity index (χ0v) is 27.6. The summed E-state index contributed by atoms with van der Waals surface area (Å²) in [4.78, 5) is 34.3. The molecule has 3 aromatic carbocycles. The first-order valence-corrected chi connectivity index (χ1v) is 17.1. The summed E-state index contributed by atoms with van der Waals surface area (Å²) in [6, 6.07) is 13.8. The highest BCUT2D eigenvalue weighted by Crippen LogP contribution is 2.55. The second kappa shape index (κ2) is 12.6. The van der Waals surface area contributed by atoms with E-state index in [9.17, 15) is 17.6 Å². The van der Waals surface area contributed by atoms with Crippen molar-refractivity contribution in [2.45, 2.75) is 35.9 Å². The number of nitrogens with zero attached hydrogens (tertiary/aromatic N) is 4. The van der Waals surface area contributed by atoms with Crippen LogP contribution >= 0.6 is 11.6 Å². The molecule has 46 heavy (non-hydrogen) atoms. The van der Waals surface area contributed by atoms with Crippen molar-refractivity contribution in [2.24, 2.45) is 0 Å². The van der Waals surface area contributed by atoms with E-state index in [-0.39, 0.29) is 16.5 Å². The van der Waals surface area contributed by atoms with Crippen molar-refractivity contribution in [3.8, 4) is 5.75 Å². The van der Waals surface area contributed by atoms with Gasteiger partial charge in [0.1, 0.15) is 11.6 Å². The van der Waals surface area contributed by atoms with E-state index in [2.05, 4.69) is 10.2 Å². The molecule has 1 N–H and O–H groups in total. The van der Waals surface area contributed by atoms with Gasteiger partial charge in [0.2, 0.25) is 5.91 Å². The quantitative estimate of drug-likeness (QED) is 0.390. The van der Waals surface area contributed by atoms with E-state index in [1.54, 1.807) is 25.1 Å². The third-order valence-electron chi connectivity index (χ3n) is 9.09. The molecule has 3 aliphatic rings. The smallest absolute Gasteiger partial charge is 0.271 e. The number of hydrogen-bond acceptors (Lipinski definition) is 8. The summed E-state index contributed by atoms with van der Waals surface area (Å²) in [5, 5.41) is 3.65. The van der Waals surface area contributed by atoms with Gasteiger partial charge in [-0.15, -0.1) is 0 Å². The van der Waals surface area contributed by atoms with Crippen LogP contribution in [0.25, 0.3) is 0 Å². The molecule has 3 aliphatic heterocycles. The van der Waals surface area contributed by atoms with Gasteiger partial charge in [-0.3, -0.25) is 19.4 Å². The normalized spacial score (nSPS) is 22.2. The number of rotatable bonds is 8. The van der Waals surface area contributed by atoms with Crippen LogP contribution in [-0.4, -0.2) is 94.9 Å². The molecular formula is C33H37ClFN5O5S. The number of carbonyl (C=O) groups is 2.